The van der Waals surface area contributed by atoms with Crippen LogP contribution in [-0.2, 0) is 9.59 Å². The molecule has 2 rings (SSSR count). The Morgan fingerprint density at radius 1 is 1.08 bits per heavy atom. The molecule has 24 heavy (non-hydrogen) atoms. The third kappa shape index (κ3) is 5.28. The number of rotatable bonds is 6. The van der Waals surface area contributed by atoms with E-state index in [1.807, 2.05) is 13.8 Å². The Hall–Kier alpha value is -2.53. The number of carbonyl (C=O) groups excluding carboxylic acids is 2. The number of anilines is 2. The van der Waals surface area contributed by atoms with Gasteiger partial charge in [0.05, 0.1) is 10.7 Å². The standard InChI is InChI=1S/C18H19ClN2O3/c1-12(2)18(23)20-13-6-5-7-14(10-13)24-11-17(22)21-16-9-4-3-8-15(16)19/h3-10,12H,11H2,1-2H3,(H,20,23)(H,21,22). The number of para-hydroxylation sites is 1. The van der Waals surface area contributed by atoms with E-state index in [-0.39, 0.29) is 24.3 Å². The van der Waals surface area contributed by atoms with Crippen molar-refractivity contribution in [1.82, 2.24) is 0 Å². The molecule has 0 aliphatic carbocycles. The van der Waals surface area contributed by atoms with Gasteiger partial charge in [0.25, 0.3) is 5.91 Å². The predicted octanol–water partition coefficient (Wildman–Crippen LogP) is 3.95. The van der Waals surface area contributed by atoms with E-state index in [4.69, 9.17) is 16.3 Å². The first-order valence-corrected chi connectivity index (χ1v) is 7.91. The van der Waals surface area contributed by atoms with Crippen molar-refractivity contribution in [1.29, 1.82) is 0 Å². The largest absolute Gasteiger partial charge is 0.484 e. The summed E-state index contributed by atoms with van der Waals surface area (Å²) in [6.45, 7) is 3.47. The molecule has 0 unspecified atom stereocenters. The van der Waals surface area contributed by atoms with Gasteiger partial charge in [-0.3, -0.25) is 9.59 Å². The fraction of sp³-hybridized carbons (Fsp3) is 0.222. The van der Waals surface area contributed by atoms with Crippen molar-refractivity contribution in [3.63, 3.8) is 0 Å². The number of halogens is 1. The first-order valence-electron chi connectivity index (χ1n) is 7.54. The third-order valence-electron chi connectivity index (χ3n) is 3.14. The summed E-state index contributed by atoms with van der Waals surface area (Å²) in [4.78, 5) is 23.6. The zero-order valence-electron chi connectivity index (χ0n) is 13.5. The maximum Gasteiger partial charge on any atom is 0.262 e. The molecule has 0 aliphatic heterocycles. The normalized spacial score (nSPS) is 10.3. The summed E-state index contributed by atoms with van der Waals surface area (Å²) in [5.74, 6) is -0.0230. The summed E-state index contributed by atoms with van der Waals surface area (Å²) in [6, 6.07) is 13.9. The minimum atomic E-state index is -0.320. The number of benzene rings is 2. The van der Waals surface area contributed by atoms with Crippen LogP contribution in [-0.4, -0.2) is 18.4 Å². The van der Waals surface area contributed by atoms with E-state index in [9.17, 15) is 9.59 Å². The number of hydrogen-bond donors (Lipinski definition) is 2. The van der Waals surface area contributed by atoms with Gasteiger partial charge < -0.3 is 15.4 Å². The van der Waals surface area contributed by atoms with Crippen LogP contribution >= 0.6 is 11.6 Å². The Morgan fingerprint density at radius 3 is 2.54 bits per heavy atom. The Morgan fingerprint density at radius 2 is 1.83 bits per heavy atom. The maximum absolute atomic E-state index is 11.9. The lowest BCUT2D eigenvalue weighted by Gasteiger charge is -2.11. The summed E-state index contributed by atoms with van der Waals surface area (Å²) < 4.78 is 5.46. The van der Waals surface area contributed by atoms with Gasteiger partial charge in [0.2, 0.25) is 5.91 Å². The molecule has 2 N–H and O–H groups in total. The third-order valence-corrected chi connectivity index (χ3v) is 3.47. The Balaban J connectivity index is 1.91. The van der Waals surface area contributed by atoms with Crippen molar-refractivity contribution >= 4 is 34.8 Å². The van der Waals surface area contributed by atoms with Crippen LogP contribution in [0.1, 0.15) is 13.8 Å². The van der Waals surface area contributed by atoms with E-state index in [1.165, 1.54) is 0 Å². The van der Waals surface area contributed by atoms with E-state index in [0.29, 0.717) is 22.1 Å². The number of ether oxygens (including phenoxy) is 1. The predicted molar refractivity (Wildman–Crippen MR) is 95.5 cm³/mol. The van der Waals surface area contributed by atoms with Crippen LogP contribution in [0.2, 0.25) is 5.02 Å². The molecule has 0 fully saturated rings. The first-order chi connectivity index (χ1) is 11.5. The van der Waals surface area contributed by atoms with Crippen LogP contribution in [0.15, 0.2) is 48.5 Å². The van der Waals surface area contributed by atoms with E-state index >= 15 is 0 Å². The number of carbonyl (C=O) groups is 2. The fourth-order valence-corrected chi connectivity index (χ4v) is 2.03. The zero-order chi connectivity index (χ0) is 17.5. The van der Waals surface area contributed by atoms with Crippen molar-refractivity contribution in [2.75, 3.05) is 17.2 Å². The Bertz CT molecular complexity index is 732. The lowest BCUT2D eigenvalue weighted by molar-refractivity contribution is -0.119. The van der Waals surface area contributed by atoms with Gasteiger partial charge in [-0.2, -0.15) is 0 Å². The highest BCUT2D eigenvalue weighted by Gasteiger charge is 2.09. The molecule has 0 spiro atoms. The molecule has 2 amide bonds. The van der Waals surface area contributed by atoms with Gasteiger partial charge in [0, 0.05) is 17.7 Å². The zero-order valence-corrected chi connectivity index (χ0v) is 14.3. The molecule has 126 valence electrons. The van der Waals surface area contributed by atoms with Crippen LogP contribution in [0.4, 0.5) is 11.4 Å². The highest BCUT2D eigenvalue weighted by Crippen LogP contribution is 2.21. The van der Waals surface area contributed by atoms with Crippen LogP contribution in [0.5, 0.6) is 5.75 Å². The van der Waals surface area contributed by atoms with Gasteiger partial charge in [-0.05, 0) is 24.3 Å². The molecule has 0 heterocycles. The summed E-state index contributed by atoms with van der Waals surface area (Å²) in [7, 11) is 0. The van der Waals surface area contributed by atoms with Crippen LogP contribution < -0.4 is 15.4 Å². The minimum absolute atomic E-state index is 0.0800. The second kappa shape index (κ2) is 8.36. The van der Waals surface area contributed by atoms with E-state index < -0.39 is 0 Å². The highest BCUT2D eigenvalue weighted by molar-refractivity contribution is 6.33. The molecule has 0 aliphatic rings. The van der Waals surface area contributed by atoms with Crippen molar-refractivity contribution in [2.45, 2.75) is 13.8 Å². The van der Waals surface area contributed by atoms with Gasteiger partial charge in [0.1, 0.15) is 5.75 Å². The molecule has 6 heteroatoms. The van der Waals surface area contributed by atoms with Crippen LogP contribution in [0.25, 0.3) is 0 Å². The van der Waals surface area contributed by atoms with Gasteiger partial charge in [-0.15, -0.1) is 0 Å². The average Bonchev–Trinajstić information content (AvgIpc) is 2.55. The quantitative estimate of drug-likeness (QED) is 0.832. The molecule has 0 bridgehead atoms. The summed E-state index contributed by atoms with van der Waals surface area (Å²) in [5, 5.41) is 5.92. The SMILES string of the molecule is CC(C)C(=O)Nc1cccc(OCC(=O)Nc2ccccc2Cl)c1. The van der Waals surface area contributed by atoms with Gasteiger partial charge in [-0.1, -0.05) is 43.6 Å². The molecular weight excluding hydrogens is 328 g/mol. The second-order valence-electron chi connectivity index (χ2n) is 5.49. The lowest BCUT2D eigenvalue weighted by Crippen LogP contribution is -2.20. The molecule has 2 aromatic carbocycles. The minimum Gasteiger partial charge on any atom is -0.484 e. The molecule has 5 nitrogen and oxygen atoms in total. The van der Waals surface area contributed by atoms with Crippen LogP contribution in [0.3, 0.4) is 0 Å². The van der Waals surface area contributed by atoms with Crippen molar-refractivity contribution in [2.24, 2.45) is 5.92 Å². The topological polar surface area (TPSA) is 67.4 Å². The summed E-state index contributed by atoms with van der Waals surface area (Å²) in [6.07, 6.45) is 0. The van der Waals surface area contributed by atoms with Crippen molar-refractivity contribution < 1.29 is 14.3 Å². The number of amides is 2. The molecule has 0 aromatic heterocycles. The molecule has 0 radical (unpaired) electrons. The highest BCUT2D eigenvalue weighted by atomic mass is 35.5. The lowest BCUT2D eigenvalue weighted by atomic mass is 10.2. The molecule has 0 saturated carbocycles. The Kier molecular flexibility index (Phi) is 6.21. The number of hydrogen-bond acceptors (Lipinski definition) is 3. The smallest absolute Gasteiger partial charge is 0.262 e. The second-order valence-corrected chi connectivity index (χ2v) is 5.90. The molecule has 0 saturated heterocycles. The monoisotopic (exact) mass is 346 g/mol. The molecule has 0 atom stereocenters. The fourth-order valence-electron chi connectivity index (χ4n) is 1.85. The van der Waals surface area contributed by atoms with Crippen LogP contribution in [0, 0.1) is 5.92 Å². The van der Waals surface area contributed by atoms with Gasteiger partial charge in [-0.25, -0.2) is 0 Å². The average molecular weight is 347 g/mol. The molecular formula is C18H19ClN2O3. The van der Waals surface area contributed by atoms with Gasteiger partial charge in [0.15, 0.2) is 6.61 Å². The summed E-state index contributed by atoms with van der Waals surface area (Å²) >= 11 is 5.98. The summed E-state index contributed by atoms with van der Waals surface area (Å²) in [5.41, 5.74) is 1.16. The van der Waals surface area contributed by atoms with Gasteiger partial charge >= 0.3 is 0 Å². The van der Waals surface area contributed by atoms with E-state index in [0.717, 1.165) is 0 Å². The maximum atomic E-state index is 11.9. The van der Waals surface area contributed by atoms with Crippen molar-refractivity contribution in [3.8, 4) is 5.75 Å². The van der Waals surface area contributed by atoms with E-state index in [1.54, 1.807) is 48.5 Å². The number of nitrogens with one attached hydrogen (secondary N) is 2. The molecule has 2 aromatic rings. The van der Waals surface area contributed by atoms with E-state index in [2.05, 4.69) is 10.6 Å². The Labute approximate surface area is 146 Å². The first kappa shape index (κ1) is 17.8. The van der Waals surface area contributed by atoms with Crippen molar-refractivity contribution in [3.05, 3.63) is 53.6 Å².